The average molecular weight is 492 g/mol. The first-order valence-electron chi connectivity index (χ1n) is 8.71. The summed E-state index contributed by atoms with van der Waals surface area (Å²) < 4.78 is 17.9. The number of ether oxygens (including phenoxy) is 1. The number of carbonyl (C=O) groups excluding carboxylic acids is 2. The minimum absolute atomic E-state index is 0. The molecule has 2 rings (SSSR count). The van der Waals surface area contributed by atoms with Crippen LogP contribution in [0.15, 0.2) is 29.3 Å². The van der Waals surface area contributed by atoms with E-state index in [-0.39, 0.29) is 54.1 Å². The zero-order valence-electron chi connectivity index (χ0n) is 15.5. The maximum absolute atomic E-state index is 12.9. The molecule has 1 aromatic rings. The first-order chi connectivity index (χ1) is 12.5. The van der Waals surface area contributed by atoms with Gasteiger partial charge in [0.1, 0.15) is 5.82 Å². The van der Waals surface area contributed by atoms with Crippen LogP contribution in [0.25, 0.3) is 0 Å². The van der Waals surface area contributed by atoms with Crippen molar-refractivity contribution in [3.05, 3.63) is 30.1 Å². The van der Waals surface area contributed by atoms with Gasteiger partial charge in [0.25, 0.3) is 0 Å². The number of hydrogen-bond acceptors (Lipinski definition) is 4. The molecule has 150 valence electrons. The third-order valence-electron chi connectivity index (χ3n) is 4.16. The number of piperidine rings is 1. The lowest BCUT2D eigenvalue weighted by Crippen LogP contribution is -2.48. The number of halogens is 2. The largest absolute Gasteiger partial charge is 0.466 e. The predicted octanol–water partition coefficient (Wildman–Crippen LogP) is 2.23. The van der Waals surface area contributed by atoms with Crippen LogP contribution in [0.5, 0.6) is 0 Å². The SMILES string of the molecule is CCOC(=O)C1CCN(C(=NC)NCC(=O)Nc2ccc(F)cc2)CC1.I. The molecule has 1 fully saturated rings. The lowest BCUT2D eigenvalue weighted by molar-refractivity contribution is -0.149. The highest BCUT2D eigenvalue weighted by molar-refractivity contribution is 14.0. The lowest BCUT2D eigenvalue weighted by atomic mass is 9.97. The number of aliphatic imine (C=N–C) groups is 1. The van der Waals surface area contributed by atoms with Gasteiger partial charge in [-0.05, 0) is 44.0 Å². The number of carbonyl (C=O) groups is 2. The first-order valence-corrected chi connectivity index (χ1v) is 8.71. The van der Waals surface area contributed by atoms with Gasteiger partial charge in [0, 0.05) is 25.8 Å². The molecular weight excluding hydrogens is 466 g/mol. The molecule has 0 unspecified atom stereocenters. The van der Waals surface area contributed by atoms with Crippen LogP contribution in [0.4, 0.5) is 10.1 Å². The van der Waals surface area contributed by atoms with Crippen LogP contribution in [0.2, 0.25) is 0 Å². The summed E-state index contributed by atoms with van der Waals surface area (Å²) in [4.78, 5) is 30.0. The van der Waals surface area contributed by atoms with Crippen LogP contribution in [0.1, 0.15) is 19.8 Å². The van der Waals surface area contributed by atoms with Crippen LogP contribution >= 0.6 is 24.0 Å². The molecule has 0 atom stereocenters. The second kappa shape index (κ2) is 11.7. The Bertz CT molecular complexity index is 647. The number of benzene rings is 1. The van der Waals surface area contributed by atoms with Crippen molar-refractivity contribution >= 4 is 47.5 Å². The summed E-state index contributed by atoms with van der Waals surface area (Å²) in [5.41, 5.74) is 0.531. The second-order valence-electron chi connectivity index (χ2n) is 5.97. The van der Waals surface area contributed by atoms with E-state index in [9.17, 15) is 14.0 Å². The molecule has 7 nitrogen and oxygen atoms in total. The summed E-state index contributed by atoms with van der Waals surface area (Å²) in [5, 5.41) is 5.70. The van der Waals surface area contributed by atoms with Crippen LogP contribution in [0, 0.1) is 11.7 Å². The summed E-state index contributed by atoms with van der Waals surface area (Å²) >= 11 is 0. The zero-order valence-corrected chi connectivity index (χ0v) is 17.9. The average Bonchev–Trinajstić information content (AvgIpc) is 2.65. The zero-order chi connectivity index (χ0) is 18.9. The van der Waals surface area contributed by atoms with Gasteiger partial charge < -0.3 is 20.3 Å². The molecule has 0 spiro atoms. The third-order valence-corrected chi connectivity index (χ3v) is 4.16. The summed E-state index contributed by atoms with van der Waals surface area (Å²) in [6.45, 7) is 3.58. The Kier molecular flexibility index (Phi) is 10.0. The number of nitrogens with zero attached hydrogens (tertiary/aromatic N) is 2. The van der Waals surface area contributed by atoms with Gasteiger partial charge in [0.15, 0.2) is 5.96 Å². The summed E-state index contributed by atoms with van der Waals surface area (Å²) in [5.74, 6) is -0.215. The van der Waals surface area contributed by atoms with E-state index < -0.39 is 0 Å². The number of hydrogen-bond donors (Lipinski definition) is 2. The van der Waals surface area contributed by atoms with Crippen molar-refractivity contribution in [1.82, 2.24) is 10.2 Å². The molecule has 1 saturated heterocycles. The Morgan fingerprint density at radius 1 is 1.26 bits per heavy atom. The van der Waals surface area contributed by atoms with Crippen molar-refractivity contribution in [3.63, 3.8) is 0 Å². The van der Waals surface area contributed by atoms with Gasteiger partial charge in [-0.2, -0.15) is 0 Å². The lowest BCUT2D eigenvalue weighted by Gasteiger charge is -2.33. The number of amides is 1. The molecule has 0 radical (unpaired) electrons. The molecule has 9 heteroatoms. The third kappa shape index (κ3) is 7.31. The summed E-state index contributed by atoms with van der Waals surface area (Å²) in [6, 6.07) is 5.58. The molecule has 1 aliphatic rings. The fourth-order valence-corrected chi connectivity index (χ4v) is 2.82. The Morgan fingerprint density at radius 2 is 1.89 bits per heavy atom. The van der Waals surface area contributed by atoms with Crippen molar-refractivity contribution in [2.24, 2.45) is 10.9 Å². The molecule has 1 heterocycles. The van der Waals surface area contributed by atoms with Crippen LogP contribution in [-0.2, 0) is 14.3 Å². The van der Waals surface area contributed by atoms with Crippen LogP contribution < -0.4 is 10.6 Å². The molecule has 1 aromatic carbocycles. The molecule has 0 bridgehead atoms. The number of rotatable bonds is 5. The number of guanidine groups is 1. The van der Waals surface area contributed by atoms with Gasteiger partial charge in [-0.25, -0.2) is 4.39 Å². The quantitative estimate of drug-likeness (QED) is 0.285. The number of likely N-dealkylation sites (tertiary alicyclic amines) is 1. The normalized spacial score (nSPS) is 14.9. The predicted molar refractivity (Wildman–Crippen MR) is 113 cm³/mol. The van der Waals surface area contributed by atoms with Gasteiger partial charge in [0.05, 0.1) is 19.1 Å². The maximum Gasteiger partial charge on any atom is 0.309 e. The smallest absolute Gasteiger partial charge is 0.309 e. The fourth-order valence-electron chi connectivity index (χ4n) is 2.82. The molecule has 1 amide bonds. The Labute approximate surface area is 175 Å². The van der Waals surface area contributed by atoms with Gasteiger partial charge in [-0.1, -0.05) is 0 Å². The molecular formula is C18H26FIN4O3. The van der Waals surface area contributed by atoms with E-state index in [1.165, 1.54) is 24.3 Å². The van der Waals surface area contributed by atoms with Gasteiger partial charge >= 0.3 is 5.97 Å². The van der Waals surface area contributed by atoms with E-state index in [1.54, 1.807) is 14.0 Å². The second-order valence-corrected chi connectivity index (χ2v) is 5.97. The van der Waals surface area contributed by atoms with Crippen molar-refractivity contribution in [1.29, 1.82) is 0 Å². The van der Waals surface area contributed by atoms with Gasteiger partial charge in [0.2, 0.25) is 5.91 Å². The maximum atomic E-state index is 12.9. The van der Waals surface area contributed by atoms with Crippen molar-refractivity contribution in [2.75, 3.05) is 38.6 Å². The highest BCUT2D eigenvalue weighted by atomic mass is 127. The standard InChI is InChI=1S/C18H25FN4O3.HI/c1-3-26-17(25)13-8-10-23(11-9-13)18(20-2)21-12-16(24)22-15-6-4-14(19)5-7-15;/h4-7,13H,3,8-12H2,1-2H3,(H,20,21)(H,22,24);1H. The monoisotopic (exact) mass is 492 g/mol. The van der Waals surface area contributed by atoms with E-state index in [2.05, 4.69) is 15.6 Å². The van der Waals surface area contributed by atoms with Crippen LogP contribution in [-0.4, -0.2) is 56.0 Å². The molecule has 27 heavy (non-hydrogen) atoms. The summed E-state index contributed by atoms with van der Waals surface area (Å²) in [6.07, 6.45) is 1.39. The topological polar surface area (TPSA) is 83.0 Å². The Hall–Kier alpha value is -1.91. The Balaban J connectivity index is 0.00000364. The van der Waals surface area contributed by atoms with Crippen LogP contribution in [0.3, 0.4) is 0 Å². The number of esters is 1. The van der Waals surface area contributed by atoms with Crippen molar-refractivity contribution in [2.45, 2.75) is 19.8 Å². The van der Waals surface area contributed by atoms with Crippen molar-refractivity contribution in [3.8, 4) is 0 Å². The Morgan fingerprint density at radius 3 is 2.44 bits per heavy atom. The minimum Gasteiger partial charge on any atom is -0.466 e. The molecule has 0 aliphatic carbocycles. The van der Waals surface area contributed by atoms with E-state index in [4.69, 9.17) is 4.74 Å². The van der Waals surface area contributed by atoms with Crippen molar-refractivity contribution < 1.29 is 18.7 Å². The summed E-state index contributed by atoms with van der Waals surface area (Å²) in [7, 11) is 1.65. The highest BCUT2D eigenvalue weighted by Gasteiger charge is 2.27. The molecule has 0 aromatic heterocycles. The van der Waals surface area contributed by atoms with E-state index >= 15 is 0 Å². The fraction of sp³-hybridized carbons (Fsp3) is 0.500. The number of nitrogens with one attached hydrogen (secondary N) is 2. The minimum atomic E-state index is -0.354. The molecule has 0 saturated carbocycles. The number of anilines is 1. The molecule has 2 N–H and O–H groups in total. The van der Waals surface area contributed by atoms with E-state index in [0.717, 1.165) is 0 Å². The van der Waals surface area contributed by atoms with Gasteiger partial charge in [-0.3, -0.25) is 14.6 Å². The van der Waals surface area contributed by atoms with E-state index in [1.807, 2.05) is 4.90 Å². The molecule has 1 aliphatic heterocycles. The van der Waals surface area contributed by atoms with E-state index in [0.29, 0.717) is 44.2 Å². The highest BCUT2D eigenvalue weighted by Crippen LogP contribution is 2.18. The van der Waals surface area contributed by atoms with Gasteiger partial charge in [-0.15, -0.1) is 24.0 Å². The first kappa shape index (κ1) is 23.1.